The molecule has 0 saturated heterocycles. The second-order valence-corrected chi connectivity index (χ2v) is 4.31. The average molecular weight is 297 g/mol. The summed E-state index contributed by atoms with van der Waals surface area (Å²) in [7, 11) is 4.10. The van der Waals surface area contributed by atoms with Crippen LogP contribution in [0.5, 0.6) is 0 Å². The van der Waals surface area contributed by atoms with Crippen LogP contribution in [0.2, 0.25) is 0 Å². The molecule has 0 aliphatic rings. The van der Waals surface area contributed by atoms with E-state index < -0.39 is 0 Å². The van der Waals surface area contributed by atoms with E-state index in [2.05, 4.69) is 29.2 Å². The standard InChI is InChI=1S/C14H23NO2.2C2H6/c1-4-16-11-13-6-5-7-14(10-13)12-17-9-8-15(2)3;2*1-2/h5-7,10H,4,8-9,11-12H2,1-3H3;2*1-2H3. The minimum absolute atomic E-state index is 0.674. The van der Waals surface area contributed by atoms with E-state index in [4.69, 9.17) is 9.47 Å². The number of benzene rings is 1. The van der Waals surface area contributed by atoms with Crippen molar-refractivity contribution in [1.29, 1.82) is 0 Å². The van der Waals surface area contributed by atoms with E-state index in [0.29, 0.717) is 13.2 Å². The van der Waals surface area contributed by atoms with Crippen molar-refractivity contribution in [3.8, 4) is 0 Å². The molecule has 0 heterocycles. The molecule has 0 fully saturated rings. The summed E-state index contributed by atoms with van der Waals surface area (Å²) in [6.07, 6.45) is 0. The van der Waals surface area contributed by atoms with Crippen molar-refractivity contribution in [3.63, 3.8) is 0 Å². The monoisotopic (exact) mass is 297 g/mol. The van der Waals surface area contributed by atoms with Crippen LogP contribution in [0.15, 0.2) is 24.3 Å². The van der Waals surface area contributed by atoms with Crippen molar-refractivity contribution in [2.24, 2.45) is 0 Å². The quantitative estimate of drug-likeness (QED) is 0.666. The van der Waals surface area contributed by atoms with Crippen LogP contribution in [0.4, 0.5) is 0 Å². The fourth-order valence-corrected chi connectivity index (χ4v) is 1.47. The van der Waals surface area contributed by atoms with Gasteiger partial charge in [0.15, 0.2) is 0 Å². The normalized spacial score (nSPS) is 9.52. The molecule has 0 bridgehead atoms. The maximum atomic E-state index is 5.61. The molecule has 0 saturated carbocycles. The highest BCUT2D eigenvalue weighted by Crippen LogP contribution is 2.07. The maximum Gasteiger partial charge on any atom is 0.0717 e. The second-order valence-electron chi connectivity index (χ2n) is 4.31. The predicted octanol–water partition coefficient (Wildman–Crippen LogP) is 4.35. The zero-order chi connectivity index (χ0) is 16.5. The van der Waals surface area contributed by atoms with Crippen molar-refractivity contribution in [3.05, 3.63) is 35.4 Å². The number of nitrogens with zero attached hydrogens (tertiary/aromatic N) is 1. The molecule has 3 nitrogen and oxygen atoms in total. The Bertz CT molecular complexity index is 314. The van der Waals surface area contributed by atoms with E-state index in [9.17, 15) is 0 Å². The van der Waals surface area contributed by atoms with E-state index in [1.54, 1.807) is 0 Å². The molecule has 0 spiro atoms. The minimum atomic E-state index is 0.674. The Morgan fingerprint density at radius 3 is 1.90 bits per heavy atom. The molecule has 1 rings (SSSR count). The molecule has 3 heteroatoms. The summed E-state index contributed by atoms with van der Waals surface area (Å²) in [5.74, 6) is 0. The van der Waals surface area contributed by atoms with Gasteiger partial charge in [-0.3, -0.25) is 0 Å². The van der Waals surface area contributed by atoms with Crippen LogP contribution in [0.25, 0.3) is 0 Å². The van der Waals surface area contributed by atoms with E-state index in [1.165, 1.54) is 11.1 Å². The molecule has 1 aromatic rings. The van der Waals surface area contributed by atoms with Crippen LogP contribution in [0, 0.1) is 0 Å². The molecule has 1 aromatic carbocycles. The van der Waals surface area contributed by atoms with Crippen molar-refractivity contribution < 1.29 is 9.47 Å². The molecule has 21 heavy (non-hydrogen) atoms. The highest BCUT2D eigenvalue weighted by molar-refractivity contribution is 5.22. The van der Waals surface area contributed by atoms with Gasteiger partial charge in [0.05, 0.1) is 19.8 Å². The van der Waals surface area contributed by atoms with E-state index in [-0.39, 0.29) is 0 Å². The van der Waals surface area contributed by atoms with Crippen LogP contribution in [0.1, 0.15) is 45.7 Å². The first-order valence-electron chi connectivity index (χ1n) is 8.10. The van der Waals surface area contributed by atoms with E-state index >= 15 is 0 Å². The molecule has 0 aliphatic carbocycles. The summed E-state index contributed by atoms with van der Waals surface area (Å²) >= 11 is 0. The Morgan fingerprint density at radius 1 is 0.905 bits per heavy atom. The fraction of sp³-hybridized carbons (Fsp3) is 0.667. The van der Waals surface area contributed by atoms with Crippen LogP contribution in [-0.4, -0.2) is 38.8 Å². The lowest BCUT2D eigenvalue weighted by atomic mass is 10.1. The minimum Gasteiger partial charge on any atom is -0.377 e. The highest BCUT2D eigenvalue weighted by atomic mass is 16.5. The summed E-state index contributed by atoms with van der Waals surface area (Å²) in [4.78, 5) is 2.12. The van der Waals surface area contributed by atoms with Crippen molar-refractivity contribution in [2.45, 2.75) is 47.8 Å². The van der Waals surface area contributed by atoms with Gasteiger partial charge in [-0.05, 0) is 32.1 Å². The second kappa shape index (κ2) is 17.2. The average Bonchev–Trinajstić information content (AvgIpc) is 2.54. The summed E-state index contributed by atoms with van der Waals surface area (Å²) in [6.45, 7) is 13.8. The van der Waals surface area contributed by atoms with Gasteiger partial charge in [0.1, 0.15) is 0 Å². The lowest BCUT2D eigenvalue weighted by Gasteiger charge is -2.10. The Kier molecular flexibility index (Phi) is 18.3. The topological polar surface area (TPSA) is 21.7 Å². The maximum absolute atomic E-state index is 5.61. The van der Waals surface area contributed by atoms with Gasteiger partial charge in [0.25, 0.3) is 0 Å². The largest absolute Gasteiger partial charge is 0.377 e. The third-order valence-electron chi connectivity index (χ3n) is 2.42. The number of likely N-dealkylation sites (N-methyl/N-ethyl adjacent to an activating group) is 1. The van der Waals surface area contributed by atoms with Crippen LogP contribution in [-0.2, 0) is 22.7 Å². The van der Waals surface area contributed by atoms with Crippen LogP contribution < -0.4 is 0 Å². The van der Waals surface area contributed by atoms with Crippen molar-refractivity contribution in [2.75, 3.05) is 33.9 Å². The number of ether oxygens (including phenoxy) is 2. The third kappa shape index (κ3) is 13.8. The zero-order valence-corrected chi connectivity index (χ0v) is 15.1. The van der Waals surface area contributed by atoms with Gasteiger partial charge in [-0.2, -0.15) is 0 Å². The Hall–Kier alpha value is -0.900. The van der Waals surface area contributed by atoms with Gasteiger partial charge >= 0.3 is 0 Å². The number of hydrogen-bond acceptors (Lipinski definition) is 3. The molecule has 124 valence electrons. The van der Waals surface area contributed by atoms with Gasteiger partial charge in [-0.25, -0.2) is 0 Å². The molecular weight excluding hydrogens is 262 g/mol. The van der Waals surface area contributed by atoms with E-state index in [0.717, 1.165) is 19.8 Å². The Labute approximate surface area is 132 Å². The van der Waals surface area contributed by atoms with E-state index in [1.807, 2.05) is 48.7 Å². The molecule has 0 aliphatic heterocycles. The molecular formula is C18H35NO2. The Morgan fingerprint density at radius 2 is 1.43 bits per heavy atom. The van der Waals surface area contributed by atoms with Crippen molar-refractivity contribution >= 4 is 0 Å². The SMILES string of the molecule is CC.CC.CCOCc1cccc(COCCN(C)C)c1. The summed E-state index contributed by atoms with van der Waals surface area (Å²) in [6, 6.07) is 8.37. The van der Waals surface area contributed by atoms with Gasteiger partial charge < -0.3 is 14.4 Å². The molecule has 0 amide bonds. The lowest BCUT2D eigenvalue weighted by Crippen LogP contribution is -2.17. The summed E-state index contributed by atoms with van der Waals surface area (Å²) < 4.78 is 11.0. The third-order valence-corrected chi connectivity index (χ3v) is 2.42. The first-order valence-corrected chi connectivity index (χ1v) is 8.10. The molecule has 0 N–H and O–H groups in total. The first kappa shape index (κ1) is 22.4. The predicted molar refractivity (Wildman–Crippen MR) is 92.7 cm³/mol. The summed E-state index contributed by atoms with van der Waals surface area (Å²) in [5.41, 5.74) is 2.42. The Balaban J connectivity index is 0. The fourth-order valence-electron chi connectivity index (χ4n) is 1.47. The van der Waals surface area contributed by atoms with Crippen LogP contribution >= 0.6 is 0 Å². The summed E-state index contributed by atoms with van der Waals surface area (Å²) in [5, 5.41) is 0. The van der Waals surface area contributed by atoms with Crippen LogP contribution in [0.3, 0.4) is 0 Å². The first-order chi connectivity index (χ1) is 10.2. The van der Waals surface area contributed by atoms with Gasteiger partial charge in [0.2, 0.25) is 0 Å². The lowest BCUT2D eigenvalue weighted by molar-refractivity contribution is 0.105. The number of hydrogen-bond donors (Lipinski definition) is 0. The van der Waals surface area contributed by atoms with Crippen molar-refractivity contribution in [1.82, 2.24) is 4.90 Å². The molecule has 0 aromatic heterocycles. The van der Waals surface area contributed by atoms with Gasteiger partial charge in [0, 0.05) is 13.2 Å². The van der Waals surface area contributed by atoms with Gasteiger partial charge in [-0.1, -0.05) is 52.0 Å². The van der Waals surface area contributed by atoms with Gasteiger partial charge in [-0.15, -0.1) is 0 Å². The molecule has 0 atom stereocenters. The molecule has 0 unspecified atom stereocenters. The zero-order valence-electron chi connectivity index (χ0n) is 15.1. The number of rotatable bonds is 8. The smallest absolute Gasteiger partial charge is 0.0717 e. The highest BCUT2D eigenvalue weighted by Gasteiger charge is 1.97. The molecule has 0 radical (unpaired) electrons.